The van der Waals surface area contributed by atoms with Crippen LogP contribution in [0.1, 0.15) is 47.9 Å². The minimum atomic E-state index is -0.679. The second-order valence-corrected chi connectivity index (χ2v) is 6.88. The van der Waals surface area contributed by atoms with Gasteiger partial charge in [0.05, 0.1) is 17.9 Å². The zero-order chi connectivity index (χ0) is 17.9. The van der Waals surface area contributed by atoms with Crippen LogP contribution in [-0.2, 0) is 26.1 Å². The van der Waals surface area contributed by atoms with E-state index in [2.05, 4.69) is 29.1 Å². The lowest BCUT2D eigenvalue weighted by molar-refractivity contribution is 0.213. The Labute approximate surface area is 153 Å². The summed E-state index contributed by atoms with van der Waals surface area (Å²) in [5.41, 5.74) is 2.74. The first-order valence-corrected chi connectivity index (χ1v) is 9.32. The van der Waals surface area contributed by atoms with Gasteiger partial charge in [-0.15, -0.1) is 0 Å². The molecule has 5 nitrogen and oxygen atoms in total. The Hall–Kier alpha value is -2.37. The highest BCUT2D eigenvalue weighted by molar-refractivity contribution is 5.26. The molecule has 1 aliphatic heterocycles. The van der Waals surface area contributed by atoms with Crippen molar-refractivity contribution in [3.8, 4) is 0 Å². The first-order chi connectivity index (χ1) is 12.7. The van der Waals surface area contributed by atoms with Crippen LogP contribution in [0.15, 0.2) is 52.9 Å². The fourth-order valence-electron chi connectivity index (χ4n) is 3.54. The van der Waals surface area contributed by atoms with E-state index in [0.717, 1.165) is 67.5 Å². The molecule has 0 aliphatic carbocycles. The van der Waals surface area contributed by atoms with Crippen LogP contribution in [0.2, 0.25) is 0 Å². The minimum absolute atomic E-state index is 0.679. The normalized spacial score (nSPS) is 16.2. The van der Waals surface area contributed by atoms with Gasteiger partial charge < -0.3 is 9.52 Å². The van der Waals surface area contributed by atoms with E-state index >= 15 is 0 Å². The van der Waals surface area contributed by atoms with Crippen LogP contribution in [0, 0.1) is 0 Å². The van der Waals surface area contributed by atoms with Gasteiger partial charge in [0, 0.05) is 26.1 Å². The zero-order valence-corrected chi connectivity index (χ0v) is 15.1. The number of furan rings is 1. The van der Waals surface area contributed by atoms with Gasteiger partial charge in [-0.1, -0.05) is 37.3 Å². The van der Waals surface area contributed by atoms with E-state index in [1.54, 1.807) is 0 Å². The van der Waals surface area contributed by atoms with Crippen molar-refractivity contribution in [3.63, 3.8) is 0 Å². The fourth-order valence-corrected chi connectivity index (χ4v) is 3.54. The van der Waals surface area contributed by atoms with Crippen LogP contribution in [0.3, 0.4) is 0 Å². The number of aryl methyl sites for hydroxylation is 2. The number of rotatable bonds is 5. The second kappa shape index (κ2) is 7.48. The summed E-state index contributed by atoms with van der Waals surface area (Å²) >= 11 is 0. The number of benzene rings is 1. The summed E-state index contributed by atoms with van der Waals surface area (Å²) in [6.45, 7) is 5.62. The Morgan fingerprint density at radius 1 is 1.12 bits per heavy atom. The highest BCUT2D eigenvalue weighted by atomic mass is 16.3. The summed E-state index contributed by atoms with van der Waals surface area (Å²) in [7, 11) is 0. The summed E-state index contributed by atoms with van der Waals surface area (Å²) in [4.78, 5) is 2.39. The lowest BCUT2D eigenvalue weighted by Gasteiger charge is -2.17. The molecule has 1 atom stereocenters. The molecule has 0 spiro atoms. The first kappa shape index (κ1) is 17.1. The van der Waals surface area contributed by atoms with Crippen molar-refractivity contribution in [2.75, 3.05) is 6.54 Å². The van der Waals surface area contributed by atoms with E-state index in [1.807, 2.05) is 41.1 Å². The largest absolute Gasteiger partial charge is 0.465 e. The molecule has 0 amide bonds. The predicted octanol–water partition coefficient (Wildman–Crippen LogP) is 3.53. The Morgan fingerprint density at radius 2 is 1.92 bits per heavy atom. The van der Waals surface area contributed by atoms with E-state index < -0.39 is 6.10 Å². The molecule has 0 radical (unpaired) electrons. The van der Waals surface area contributed by atoms with Crippen LogP contribution in [-0.4, -0.2) is 26.3 Å². The molecule has 1 aromatic carbocycles. The third-order valence-electron chi connectivity index (χ3n) is 4.95. The van der Waals surface area contributed by atoms with Gasteiger partial charge in [-0.25, -0.2) is 0 Å². The molecule has 0 fully saturated rings. The van der Waals surface area contributed by atoms with E-state index in [0.29, 0.717) is 0 Å². The van der Waals surface area contributed by atoms with E-state index in [9.17, 15) is 5.11 Å². The maximum absolute atomic E-state index is 10.6. The van der Waals surface area contributed by atoms with Crippen molar-refractivity contribution in [1.29, 1.82) is 0 Å². The monoisotopic (exact) mass is 351 g/mol. The van der Waals surface area contributed by atoms with Crippen LogP contribution < -0.4 is 0 Å². The number of hydrogen-bond acceptors (Lipinski definition) is 4. The Balaban J connectivity index is 1.50. The van der Waals surface area contributed by atoms with E-state index in [1.165, 1.54) is 0 Å². The second-order valence-electron chi connectivity index (χ2n) is 6.88. The quantitative estimate of drug-likeness (QED) is 0.764. The van der Waals surface area contributed by atoms with E-state index in [4.69, 9.17) is 4.42 Å². The molecule has 136 valence electrons. The molecular formula is C21H25N3O2. The lowest BCUT2D eigenvalue weighted by atomic mass is 10.1. The van der Waals surface area contributed by atoms with Gasteiger partial charge in [-0.05, 0) is 30.2 Å². The Kier molecular flexibility index (Phi) is 4.91. The summed E-state index contributed by atoms with van der Waals surface area (Å²) in [5.74, 6) is 2.05. The van der Waals surface area contributed by atoms with Gasteiger partial charge in [0.1, 0.15) is 17.6 Å². The molecular weight excluding hydrogens is 326 g/mol. The maximum atomic E-state index is 10.6. The molecule has 4 rings (SSSR count). The van der Waals surface area contributed by atoms with Gasteiger partial charge in [0.2, 0.25) is 0 Å². The first-order valence-electron chi connectivity index (χ1n) is 9.32. The Morgan fingerprint density at radius 3 is 2.69 bits per heavy atom. The standard InChI is InChI=1S/C21H25N3O2/c1-2-18-9-10-19(26-18)15-23-11-6-12-24-17(14-23)13-20(22-24)21(25)16-7-4-3-5-8-16/h3-5,7-10,13,21,25H,2,6,11-12,14-15H2,1H3/t21-/m1/s1. The van der Waals surface area contributed by atoms with Crippen molar-refractivity contribution in [2.45, 2.75) is 45.5 Å². The number of hydrogen-bond donors (Lipinski definition) is 1. The number of aliphatic hydroxyl groups is 1. The molecule has 2 aromatic heterocycles. The SMILES string of the molecule is CCc1ccc(CN2CCCn3nc([C@H](O)c4ccccc4)cc3C2)o1. The molecule has 0 bridgehead atoms. The molecule has 0 saturated carbocycles. The minimum Gasteiger partial charge on any atom is -0.465 e. The van der Waals surface area contributed by atoms with Gasteiger partial charge >= 0.3 is 0 Å². The molecule has 1 N–H and O–H groups in total. The highest BCUT2D eigenvalue weighted by Crippen LogP contribution is 2.24. The summed E-state index contributed by atoms with van der Waals surface area (Å²) in [5, 5.41) is 15.3. The maximum Gasteiger partial charge on any atom is 0.123 e. The summed E-state index contributed by atoms with van der Waals surface area (Å²) in [6.07, 6.45) is 1.28. The van der Waals surface area contributed by atoms with Crippen molar-refractivity contribution in [1.82, 2.24) is 14.7 Å². The molecule has 0 saturated heterocycles. The summed E-state index contributed by atoms with van der Waals surface area (Å²) < 4.78 is 7.90. The molecule has 0 unspecified atom stereocenters. The number of aromatic nitrogens is 2. The van der Waals surface area contributed by atoms with Crippen molar-refractivity contribution in [2.24, 2.45) is 0 Å². The smallest absolute Gasteiger partial charge is 0.123 e. The average Bonchev–Trinajstić information content (AvgIpc) is 3.24. The van der Waals surface area contributed by atoms with Crippen molar-refractivity contribution >= 4 is 0 Å². The van der Waals surface area contributed by atoms with Crippen LogP contribution in [0.25, 0.3) is 0 Å². The topological polar surface area (TPSA) is 54.4 Å². The number of aliphatic hydroxyl groups excluding tert-OH is 1. The van der Waals surface area contributed by atoms with E-state index in [-0.39, 0.29) is 0 Å². The third-order valence-corrected chi connectivity index (χ3v) is 4.95. The number of fused-ring (bicyclic) bond motifs is 1. The molecule has 5 heteroatoms. The fraction of sp³-hybridized carbons (Fsp3) is 0.381. The molecule has 3 aromatic rings. The Bertz CT molecular complexity index is 853. The number of nitrogens with zero attached hydrogens (tertiary/aromatic N) is 3. The van der Waals surface area contributed by atoms with Crippen molar-refractivity contribution < 1.29 is 9.52 Å². The summed E-state index contributed by atoms with van der Waals surface area (Å²) in [6, 6.07) is 15.9. The highest BCUT2D eigenvalue weighted by Gasteiger charge is 2.21. The van der Waals surface area contributed by atoms with Crippen LogP contribution in [0.4, 0.5) is 0 Å². The molecule has 1 aliphatic rings. The van der Waals surface area contributed by atoms with Crippen LogP contribution >= 0.6 is 0 Å². The molecule has 3 heterocycles. The van der Waals surface area contributed by atoms with Gasteiger partial charge in [0.25, 0.3) is 0 Å². The molecule has 26 heavy (non-hydrogen) atoms. The predicted molar refractivity (Wildman–Crippen MR) is 99.5 cm³/mol. The zero-order valence-electron chi connectivity index (χ0n) is 15.1. The van der Waals surface area contributed by atoms with Crippen molar-refractivity contribution in [3.05, 3.63) is 77.0 Å². The van der Waals surface area contributed by atoms with Gasteiger partial charge in [-0.3, -0.25) is 9.58 Å². The average molecular weight is 351 g/mol. The third kappa shape index (κ3) is 3.59. The van der Waals surface area contributed by atoms with Gasteiger partial charge in [0.15, 0.2) is 0 Å². The lowest BCUT2D eigenvalue weighted by Crippen LogP contribution is -2.22. The van der Waals surface area contributed by atoms with Crippen LogP contribution in [0.5, 0.6) is 0 Å². The van der Waals surface area contributed by atoms with Gasteiger partial charge in [-0.2, -0.15) is 5.10 Å².